The van der Waals surface area contributed by atoms with Gasteiger partial charge in [-0.25, -0.2) is 4.79 Å². The molecule has 0 radical (unpaired) electrons. The lowest BCUT2D eigenvalue weighted by Gasteiger charge is -2.25. The minimum absolute atomic E-state index is 0.153. The minimum Gasteiger partial charge on any atom is -0.480 e. The number of carbonyl (C=O) groups is 3. The summed E-state index contributed by atoms with van der Waals surface area (Å²) in [6.07, 6.45) is 0.663. The van der Waals surface area contributed by atoms with Gasteiger partial charge in [-0.15, -0.1) is 0 Å². The van der Waals surface area contributed by atoms with Gasteiger partial charge in [-0.2, -0.15) is 0 Å². The first-order valence-electron chi connectivity index (χ1n) is 8.44. The molecule has 1 aromatic carbocycles. The van der Waals surface area contributed by atoms with E-state index in [1.807, 2.05) is 19.9 Å². The second kappa shape index (κ2) is 8.11. The third kappa shape index (κ3) is 4.79. The van der Waals surface area contributed by atoms with E-state index in [9.17, 15) is 19.5 Å². The van der Waals surface area contributed by atoms with E-state index in [1.165, 1.54) is 4.90 Å². The maximum atomic E-state index is 12.5. The van der Waals surface area contributed by atoms with Crippen LogP contribution < -0.4 is 11.1 Å². The first-order valence-corrected chi connectivity index (χ1v) is 8.44. The molecule has 4 N–H and O–H groups in total. The molecular formula is C18H25N3O4. The van der Waals surface area contributed by atoms with Gasteiger partial charge in [-0.05, 0) is 24.5 Å². The maximum absolute atomic E-state index is 12.5. The Hall–Kier alpha value is -2.41. The van der Waals surface area contributed by atoms with Gasteiger partial charge in [0.25, 0.3) is 5.91 Å². The third-order valence-corrected chi connectivity index (χ3v) is 4.28. The van der Waals surface area contributed by atoms with Gasteiger partial charge in [-0.3, -0.25) is 9.59 Å². The molecule has 7 heteroatoms. The Kier molecular flexibility index (Phi) is 6.14. The zero-order valence-electron chi connectivity index (χ0n) is 14.5. The van der Waals surface area contributed by atoms with Gasteiger partial charge >= 0.3 is 5.97 Å². The molecular weight excluding hydrogens is 322 g/mol. The van der Waals surface area contributed by atoms with Gasteiger partial charge in [0.1, 0.15) is 6.04 Å². The molecule has 1 aliphatic heterocycles. The number of carboxylic acids is 1. The Balaban J connectivity index is 2.05. The van der Waals surface area contributed by atoms with Crippen molar-refractivity contribution < 1.29 is 19.5 Å². The maximum Gasteiger partial charge on any atom is 0.326 e. The van der Waals surface area contributed by atoms with Crippen molar-refractivity contribution in [2.24, 2.45) is 11.7 Å². The fraction of sp³-hybridized carbons (Fsp3) is 0.500. The molecule has 0 aromatic heterocycles. The molecule has 7 nitrogen and oxygen atoms in total. The molecule has 25 heavy (non-hydrogen) atoms. The predicted molar refractivity (Wildman–Crippen MR) is 92.9 cm³/mol. The Bertz CT molecular complexity index is 632. The largest absolute Gasteiger partial charge is 0.480 e. The topological polar surface area (TPSA) is 113 Å². The molecule has 0 aliphatic carbocycles. The highest BCUT2D eigenvalue weighted by molar-refractivity contribution is 5.94. The number of aliphatic carboxylic acids is 1. The summed E-state index contributed by atoms with van der Waals surface area (Å²) in [4.78, 5) is 37.6. The first-order chi connectivity index (χ1) is 11.8. The van der Waals surface area contributed by atoms with Crippen molar-refractivity contribution in [2.45, 2.75) is 44.8 Å². The van der Waals surface area contributed by atoms with E-state index in [0.717, 1.165) is 0 Å². The highest BCUT2D eigenvalue weighted by Gasteiger charge is 2.41. The lowest BCUT2D eigenvalue weighted by atomic mass is 10.0. The number of carboxylic acid groups (broad SMARTS) is 1. The zero-order chi connectivity index (χ0) is 18.6. The number of nitrogens with two attached hydrogens (primary N) is 1. The molecule has 1 aromatic rings. The molecule has 1 aliphatic rings. The summed E-state index contributed by atoms with van der Waals surface area (Å²) in [5.74, 6) is -1.51. The van der Waals surface area contributed by atoms with E-state index in [-0.39, 0.29) is 30.7 Å². The fourth-order valence-electron chi connectivity index (χ4n) is 3.10. The van der Waals surface area contributed by atoms with Gasteiger partial charge in [0, 0.05) is 24.6 Å². The van der Waals surface area contributed by atoms with Crippen molar-refractivity contribution in [1.29, 1.82) is 0 Å². The molecule has 1 saturated heterocycles. The summed E-state index contributed by atoms with van der Waals surface area (Å²) in [6.45, 7) is 4.06. The summed E-state index contributed by atoms with van der Waals surface area (Å²) in [5.41, 5.74) is 6.42. The Morgan fingerprint density at radius 3 is 2.48 bits per heavy atom. The van der Waals surface area contributed by atoms with E-state index in [0.29, 0.717) is 12.0 Å². The number of likely N-dealkylation sites (tertiary alicyclic amines) is 1. The second-order valence-corrected chi connectivity index (χ2v) is 6.85. The number of benzene rings is 1. The first kappa shape index (κ1) is 18.9. The average Bonchev–Trinajstić information content (AvgIpc) is 2.98. The van der Waals surface area contributed by atoms with Crippen molar-refractivity contribution in [1.82, 2.24) is 10.2 Å². The standard InChI is InChI=1S/C18H25N3O4/c1-11(2)8-14(19)17(23)21-10-13(9-15(21)18(24)25)20-16(22)12-6-4-3-5-7-12/h3-7,11,13-15H,8-10,19H2,1-2H3,(H,20,22)(H,24,25)/t13-,14?,15+/m1/s1. The lowest BCUT2D eigenvalue weighted by Crippen LogP contribution is -2.49. The quantitative estimate of drug-likeness (QED) is 0.706. The van der Waals surface area contributed by atoms with Crippen LogP contribution in [0.1, 0.15) is 37.0 Å². The van der Waals surface area contributed by atoms with E-state index in [4.69, 9.17) is 5.73 Å². The van der Waals surface area contributed by atoms with Crippen LogP contribution >= 0.6 is 0 Å². The van der Waals surface area contributed by atoms with Crippen LogP contribution in [0, 0.1) is 5.92 Å². The van der Waals surface area contributed by atoms with Crippen LogP contribution in [0.25, 0.3) is 0 Å². The zero-order valence-corrected chi connectivity index (χ0v) is 14.5. The van der Waals surface area contributed by atoms with Crippen LogP contribution in [0.15, 0.2) is 30.3 Å². The van der Waals surface area contributed by atoms with Crippen LogP contribution in [-0.4, -0.2) is 52.5 Å². The van der Waals surface area contributed by atoms with Crippen molar-refractivity contribution in [3.05, 3.63) is 35.9 Å². The summed E-state index contributed by atoms with van der Waals surface area (Å²) < 4.78 is 0. The molecule has 1 fully saturated rings. The smallest absolute Gasteiger partial charge is 0.326 e. The molecule has 0 saturated carbocycles. The summed E-state index contributed by atoms with van der Waals surface area (Å²) in [6, 6.07) is 6.57. The van der Waals surface area contributed by atoms with E-state index in [1.54, 1.807) is 24.3 Å². The van der Waals surface area contributed by atoms with Crippen molar-refractivity contribution in [3.63, 3.8) is 0 Å². The number of amides is 2. The second-order valence-electron chi connectivity index (χ2n) is 6.85. The SMILES string of the molecule is CC(C)CC(N)C(=O)N1C[C@H](NC(=O)c2ccccc2)C[C@H]1C(=O)O. The summed E-state index contributed by atoms with van der Waals surface area (Å²) in [5, 5.41) is 12.2. The molecule has 1 heterocycles. The molecule has 0 spiro atoms. The van der Waals surface area contributed by atoms with E-state index in [2.05, 4.69) is 5.32 Å². The molecule has 0 bridgehead atoms. The number of hydrogen-bond acceptors (Lipinski definition) is 4. The van der Waals surface area contributed by atoms with Gasteiger partial charge in [0.15, 0.2) is 0 Å². The van der Waals surface area contributed by atoms with Gasteiger partial charge in [-0.1, -0.05) is 32.0 Å². The number of carbonyl (C=O) groups excluding carboxylic acids is 2. The Morgan fingerprint density at radius 1 is 1.28 bits per heavy atom. The van der Waals surface area contributed by atoms with Crippen LogP contribution in [0.2, 0.25) is 0 Å². The van der Waals surface area contributed by atoms with Crippen molar-refractivity contribution in [2.75, 3.05) is 6.54 Å². The number of nitrogens with zero attached hydrogens (tertiary/aromatic N) is 1. The van der Waals surface area contributed by atoms with E-state index >= 15 is 0 Å². The monoisotopic (exact) mass is 347 g/mol. The Labute approximate surface area is 147 Å². The van der Waals surface area contributed by atoms with E-state index < -0.39 is 24.1 Å². The summed E-state index contributed by atoms with van der Waals surface area (Å²) >= 11 is 0. The fourth-order valence-corrected chi connectivity index (χ4v) is 3.10. The van der Waals surface area contributed by atoms with Gasteiger partial charge in [0.05, 0.1) is 6.04 Å². The highest BCUT2D eigenvalue weighted by atomic mass is 16.4. The van der Waals surface area contributed by atoms with Crippen LogP contribution in [0.5, 0.6) is 0 Å². The van der Waals surface area contributed by atoms with Crippen LogP contribution in [-0.2, 0) is 9.59 Å². The Morgan fingerprint density at radius 2 is 1.92 bits per heavy atom. The molecule has 136 valence electrons. The molecule has 2 rings (SSSR count). The molecule has 3 atom stereocenters. The van der Waals surface area contributed by atoms with Gasteiger partial charge < -0.3 is 21.1 Å². The average molecular weight is 347 g/mol. The van der Waals surface area contributed by atoms with Crippen LogP contribution in [0.4, 0.5) is 0 Å². The van der Waals surface area contributed by atoms with Crippen molar-refractivity contribution >= 4 is 17.8 Å². The minimum atomic E-state index is -1.08. The number of hydrogen-bond donors (Lipinski definition) is 3. The molecule has 1 unspecified atom stereocenters. The molecule has 2 amide bonds. The summed E-state index contributed by atoms with van der Waals surface area (Å²) in [7, 11) is 0. The lowest BCUT2D eigenvalue weighted by molar-refractivity contribution is -0.148. The third-order valence-electron chi connectivity index (χ3n) is 4.28. The van der Waals surface area contributed by atoms with Crippen LogP contribution in [0.3, 0.4) is 0 Å². The number of nitrogens with one attached hydrogen (secondary N) is 1. The van der Waals surface area contributed by atoms with Gasteiger partial charge in [0.2, 0.25) is 5.91 Å². The van der Waals surface area contributed by atoms with Crippen molar-refractivity contribution in [3.8, 4) is 0 Å². The highest BCUT2D eigenvalue weighted by Crippen LogP contribution is 2.21. The number of rotatable bonds is 6. The predicted octanol–water partition coefficient (Wildman–Crippen LogP) is 0.844. The normalized spacial score (nSPS) is 21.2.